The van der Waals surface area contributed by atoms with E-state index in [0.717, 1.165) is 11.1 Å². The smallest absolute Gasteiger partial charge is 0.322 e. The third-order valence-electron chi connectivity index (χ3n) is 6.73. The summed E-state index contributed by atoms with van der Waals surface area (Å²) in [5.74, 6) is 0.938. The summed E-state index contributed by atoms with van der Waals surface area (Å²) in [6, 6.07) is 19.4. The maximum absolute atomic E-state index is 13.6. The first-order valence-electron chi connectivity index (χ1n) is 13.1. The second-order valence-electron chi connectivity index (χ2n) is 10.9. The topological polar surface area (TPSA) is 114 Å². The number of urea groups is 1. The van der Waals surface area contributed by atoms with Gasteiger partial charge in [-0.2, -0.15) is 0 Å². The molecule has 5 aromatic rings. The molecule has 6 rings (SSSR count). The number of nitrogens with one attached hydrogen (secondary N) is 2. The number of rotatable bonds is 4. The Hall–Kier alpha value is -4.92. The first-order valence-corrected chi connectivity index (χ1v) is 13.1. The van der Waals surface area contributed by atoms with E-state index in [2.05, 4.69) is 10.6 Å². The molecule has 2 aromatic carbocycles. The van der Waals surface area contributed by atoms with Crippen molar-refractivity contribution in [2.45, 2.75) is 45.3 Å². The van der Waals surface area contributed by atoms with Crippen molar-refractivity contribution in [2.24, 2.45) is 0 Å². The van der Waals surface area contributed by atoms with Gasteiger partial charge in [0.2, 0.25) is 5.91 Å². The van der Waals surface area contributed by atoms with Gasteiger partial charge in [-0.1, -0.05) is 24.3 Å². The number of nitrogens with zero attached hydrogens (tertiary/aromatic N) is 3. The van der Waals surface area contributed by atoms with Crippen LogP contribution in [0.25, 0.3) is 33.9 Å². The minimum atomic E-state index is -0.643. The summed E-state index contributed by atoms with van der Waals surface area (Å²) in [6.45, 7) is 6.11. The standard InChI is InChI=1S/C31H29N5O4/c1-31(2,3)35-29(37)24-16-19-8-4-5-9-20(19)18-36(24)30(38)32-21-12-13-22-23(17-21)34-28(26-11-7-15-40-26)27(33-22)25-10-6-14-39-25/h4-15,17,24H,16,18H2,1-3H3,(H,32,38)(H,35,37)/t24-/m0/s1. The van der Waals surface area contributed by atoms with Gasteiger partial charge >= 0.3 is 6.03 Å². The third kappa shape index (κ3) is 5.05. The molecule has 1 atom stereocenters. The van der Waals surface area contributed by atoms with Crippen LogP contribution in [-0.4, -0.2) is 38.4 Å². The second-order valence-corrected chi connectivity index (χ2v) is 10.9. The normalized spacial score (nSPS) is 15.1. The zero-order valence-electron chi connectivity index (χ0n) is 22.5. The largest absolute Gasteiger partial charge is 0.463 e. The molecule has 9 heteroatoms. The maximum Gasteiger partial charge on any atom is 0.322 e. The van der Waals surface area contributed by atoms with Crippen LogP contribution < -0.4 is 10.6 Å². The van der Waals surface area contributed by atoms with E-state index in [9.17, 15) is 9.59 Å². The van der Waals surface area contributed by atoms with Gasteiger partial charge in [0.1, 0.15) is 17.4 Å². The molecule has 0 aliphatic carbocycles. The molecule has 202 valence electrons. The molecule has 0 saturated carbocycles. The van der Waals surface area contributed by atoms with Crippen LogP contribution in [0.3, 0.4) is 0 Å². The number of anilines is 1. The monoisotopic (exact) mass is 535 g/mol. The maximum atomic E-state index is 13.6. The number of benzene rings is 2. The highest BCUT2D eigenvalue weighted by molar-refractivity contribution is 5.96. The Kier molecular flexibility index (Phi) is 6.34. The Bertz CT molecular complexity index is 1690. The Morgan fingerprint density at radius 1 is 0.850 bits per heavy atom. The predicted molar refractivity (Wildman–Crippen MR) is 151 cm³/mol. The highest BCUT2D eigenvalue weighted by Crippen LogP contribution is 2.32. The summed E-state index contributed by atoms with van der Waals surface area (Å²) >= 11 is 0. The van der Waals surface area contributed by atoms with Gasteiger partial charge in [0.05, 0.1) is 23.6 Å². The van der Waals surface area contributed by atoms with Crippen LogP contribution in [0.15, 0.2) is 88.1 Å². The van der Waals surface area contributed by atoms with Crippen molar-refractivity contribution in [3.05, 3.63) is 90.4 Å². The highest BCUT2D eigenvalue weighted by atomic mass is 16.3. The number of hydrogen-bond donors (Lipinski definition) is 2. The molecule has 4 heterocycles. The van der Waals surface area contributed by atoms with Crippen LogP contribution in [0.1, 0.15) is 31.9 Å². The van der Waals surface area contributed by atoms with E-state index < -0.39 is 11.6 Å². The molecule has 2 N–H and O–H groups in total. The van der Waals surface area contributed by atoms with Crippen LogP contribution in [0.2, 0.25) is 0 Å². The lowest BCUT2D eigenvalue weighted by Gasteiger charge is -2.37. The van der Waals surface area contributed by atoms with Crippen LogP contribution in [0.4, 0.5) is 10.5 Å². The van der Waals surface area contributed by atoms with Gasteiger partial charge in [-0.05, 0) is 74.4 Å². The van der Waals surface area contributed by atoms with Gasteiger partial charge in [0.15, 0.2) is 11.5 Å². The average molecular weight is 536 g/mol. The van der Waals surface area contributed by atoms with Crippen molar-refractivity contribution < 1.29 is 18.4 Å². The predicted octanol–water partition coefficient (Wildman–Crippen LogP) is 6.02. The highest BCUT2D eigenvalue weighted by Gasteiger charge is 2.36. The molecule has 40 heavy (non-hydrogen) atoms. The number of aromatic nitrogens is 2. The van der Waals surface area contributed by atoms with E-state index in [1.54, 1.807) is 47.8 Å². The van der Waals surface area contributed by atoms with Crippen LogP contribution >= 0.6 is 0 Å². The quantitative estimate of drug-likeness (QED) is 0.291. The van der Waals surface area contributed by atoms with Crippen molar-refractivity contribution >= 4 is 28.7 Å². The van der Waals surface area contributed by atoms with Crippen molar-refractivity contribution in [3.8, 4) is 22.9 Å². The number of fused-ring (bicyclic) bond motifs is 2. The Labute approximate surface area is 231 Å². The minimum absolute atomic E-state index is 0.185. The zero-order valence-corrected chi connectivity index (χ0v) is 22.5. The van der Waals surface area contributed by atoms with Gasteiger partial charge in [-0.15, -0.1) is 0 Å². The second kappa shape index (κ2) is 10.00. The first kappa shape index (κ1) is 25.4. The first-order chi connectivity index (χ1) is 19.2. The SMILES string of the molecule is CC(C)(C)NC(=O)[C@@H]1Cc2ccccc2CN1C(=O)Nc1ccc2nc(-c3ccco3)c(-c3ccco3)nc2c1. The molecule has 9 nitrogen and oxygen atoms in total. The Morgan fingerprint density at radius 2 is 1.50 bits per heavy atom. The van der Waals surface area contributed by atoms with Gasteiger partial charge in [-0.3, -0.25) is 4.79 Å². The van der Waals surface area contributed by atoms with E-state index in [1.807, 2.05) is 57.2 Å². The molecule has 0 spiro atoms. The number of carbonyl (C=O) groups is 2. The van der Waals surface area contributed by atoms with E-state index >= 15 is 0 Å². The summed E-state index contributed by atoms with van der Waals surface area (Å²) in [4.78, 5) is 38.1. The van der Waals surface area contributed by atoms with Crippen LogP contribution in [-0.2, 0) is 17.8 Å². The third-order valence-corrected chi connectivity index (χ3v) is 6.73. The number of amides is 3. The van der Waals surface area contributed by atoms with Crippen molar-refractivity contribution in [2.75, 3.05) is 5.32 Å². The minimum Gasteiger partial charge on any atom is -0.463 e. The van der Waals surface area contributed by atoms with Crippen molar-refractivity contribution in [3.63, 3.8) is 0 Å². The van der Waals surface area contributed by atoms with Gasteiger partial charge < -0.3 is 24.4 Å². The molecule has 0 fully saturated rings. The number of hydrogen-bond acceptors (Lipinski definition) is 6. The fraction of sp³-hybridized carbons (Fsp3) is 0.226. The fourth-order valence-corrected chi connectivity index (χ4v) is 4.92. The van der Waals surface area contributed by atoms with Gasteiger partial charge in [-0.25, -0.2) is 14.8 Å². The Morgan fingerprint density at radius 3 is 2.12 bits per heavy atom. The van der Waals surface area contributed by atoms with E-state index in [4.69, 9.17) is 18.8 Å². The lowest BCUT2D eigenvalue weighted by molar-refractivity contribution is -0.127. The molecule has 1 aliphatic heterocycles. The van der Waals surface area contributed by atoms with Crippen molar-refractivity contribution in [1.29, 1.82) is 0 Å². The number of furan rings is 2. The average Bonchev–Trinajstić information content (AvgIpc) is 3.66. The molecule has 3 aromatic heterocycles. The summed E-state index contributed by atoms with van der Waals surface area (Å²) in [5, 5.41) is 6.01. The Balaban J connectivity index is 1.32. The van der Waals surface area contributed by atoms with Crippen molar-refractivity contribution in [1.82, 2.24) is 20.2 Å². The molecule has 0 unspecified atom stereocenters. The lowest BCUT2D eigenvalue weighted by Crippen LogP contribution is -2.56. The molecular weight excluding hydrogens is 506 g/mol. The van der Waals surface area contributed by atoms with Crippen LogP contribution in [0.5, 0.6) is 0 Å². The molecule has 3 amide bonds. The summed E-state index contributed by atoms with van der Waals surface area (Å²) < 4.78 is 11.2. The van der Waals surface area contributed by atoms with E-state index in [0.29, 0.717) is 52.6 Å². The molecule has 0 saturated heterocycles. The van der Waals surface area contributed by atoms with E-state index in [-0.39, 0.29) is 11.9 Å². The van der Waals surface area contributed by atoms with Gasteiger partial charge in [0.25, 0.3) is 0 Å². The lowest BCUT2D eigenvalue weighted by atomic mass is 9.93. The van der Waals surface area contributed by atoms with Gasteiger partial charge in [0, 0.05) is 24.2 Å². The van der Waals surface area contributed by atoms with Crippen LogP contribution in [0, 0.1) is 0 Å². The fourth-order valence-electron chi connectivity index (χ4n) is 4.92. The summed E-state index contributed by atoms with van der Waals surface area (Å²) in [7, 11) is 0. The molecular formula is C31H29N5O4. The molecule has 1 aliphatic rings. The zero-order chi connectivity index (χ0) is 27.9. The molecule has 0 bridgehead atoms. The van der Waals surface area contributed by atoms with E-state index in [1.165, 1.54) is 0 Å². The summed E-state index contributed by atoms with van der Waals surface area (Å²) in [6.07, 6.45) is 3.60. The number of carbonyl (C=O) groups excluding carboxylic acids is 2. The summed E-state index contributed by atoms with van der Waals surface area (Å²) in [5.41, 5.74) is 4.51. The molecule has 0 radical (unpaired) electrons.